The standard InChI is InChI=1S/C24H25ClN6O4/c1-4-30-20-13-27-19(10-17(20)23(34)31(5-2)24(30)35)22(33)28-12-14(3)8-21(32)29-16-7-6-15(11-26)18(25)9-16/h6-7,9-10,13-14H,4-5,8,12H2,1-3H3,(H,28,33)(H,29,32). The van der Waals surface area contributed by atoms with Crippen LogP contribution >= 0.6 is 11.6 Å². The molecule has 0 saturated carbocycles. The number of hydrogen-bond donors (Lipinski definition) is 2. The van der Waals surface area contributed by atoms with Gasteiger partial charge in [-0.2, -0.15) is 5.26 Å². The number of aromatic nitrogens is 3. The van der Waals surface area contributed by atoms with Crippen LogP contribution in [0.15, 0.2) is 40.1 Å². The third-order valence-corrected chi connectivity index (χ3v) is 5.81. The lowest BCUT2D eigenvalue weighted by Crippen LogP contribution is -2.39. The van der Waals surface area contributed by atoms with Gasteiger partial charge in [0, 0.05) is 31.7 Å². The summed E-state index contributed by atoms with van der Waals surface area (Å²) in [4.78, 5) is 54.3. The zero-order valence-corrected chi connectivity index (χ0v) is 20.3. The van der Waals surface area contributed by atoms with E-state index in [0.29, 0.717) is 23.3 Å². The van der Waals surface area contributed by atoms with Gasteiger partial charge in [-0.25, -0.2) is 9.78 Å². The second kappa shape index (κ2) is 11.0. The van der Waals surface area contributed by atoms with Crippen molar-refractivity contribution in [3.05, 3.63) is 67.6 Å². The number of benzene rings is 1. The quantitative estimate of drug-likeness (QED) is 0.491. The number of amides is 2. The van der Waals surface area contributed by atoms with Crippen molar-refractivity contribution in [3.63, 3.8) is 0 Å². The SMILES string of the molecule is CCn1c(=O)c2cc(C(=O)NCC(C)CC(=O)Nc3ccc(C#N)c(Cl)c3)ncc2n(CC)c1=O. The maximum absolute atomic E-state index is 12.7. The van der Waals surface area contributed by atoms with Crippen molar-refractivity contribution in [3.8, 4) is 6.07 Å². The second-order valence-corrected chi connectivity index (χ2v) is 8.44. The molecule has 1 atom stereocenters. The number of nitrogens with zero attached hydrogens (tertiary/aromatic N) is 4. The lowest BCUT2D eigenvalue weighted by Gasteiger charge is -2.14. The summed E-state index contributed by atoms with van der Waals surface area (Å²) in [5, 5.41) is 14.9. The number of carbonyl (C=O) groups is 2. The van der Waals surface area contributed by atoms with Crippen LogP contribution in [0, 0.1) is 17.2 Å². The lowest BCUT2D eigenvalue weighted by atomic mass is 10.1. The van der Waals surface area contributed by atoms with Crippen LogP contribution in [0.3, 0.4) is 0 Å². The highest BCUT2D eigenvalue weighted by Crippen LogP contribution is 2.20. The molecule has 0 saturated heterocycles. The van der Waals surface area contributed by atoms with Gasteiger partial charge in [-0.05, 0) is 44.0 Å². The summed E-state index contributed by atoms with van der Waals surface area (Å²) >= 11 is 5.98. The Morgan fingerprint density at radius 1 is 1.17 bits per heavy atom. The Morgan fingerprint density at radius 2 is 1.89 bits per heavy atom. The summed E-state index contributed by atoms with van der Waals surface area (Å²) in [5.74, 6) is -0.959. The number of nitriles is 1. The summed E-state index contributed by atoms with van der Waals surface area (Å²) in [6.45, 7) is 6.08. The van der Waals surface area contributed by atoms with Gasteiger partial charge >= 0.3 is 5.69 Å². The number of carbonyl (C=O) groups excluding carboxylic acids is 2. The highest BCUT2D eigenvalue weighted by atomic mass is 35.5. The number of anilines is 1. The highest BCUT2D eigenvalue weighted by Gasteiger charge is 2.17. The highest BCUT2D eigenvalue weighted by molar-refractivity contribution is 6.32. The minimum atomic E-state index is -0.491. The van der Waals surface area contributed by atoms with E-state index in [1.165, 1.54) is 29.0 Å². The summed E-state index contributed by atoms with van der Waals surface area (Å²) in [5.41, 5.74) is 0.316. The van der Waals surface area contributed by atoms with Gasteiger partial charge in [0.2, 0.25) is 5.91 Å². The number of rotatable bonds is 8. The molecule has 2 heterocycles. The van der Waals surface area contributed by atoms with Crippen LogP contribution in [0.25, 0.3) is 10.9 Å². The summed E-state index contributed by atoms with van der Waals surface area (Å²) in [6.07, 6.45) is 1.49. The van der Waals surface area contributed by atoms with Gasteiger partial charge < -0.3 is 10.6 Å². The van der Waals surface area contributed by atoms with Gasteiger partial charge in [-0.15, -0.1) is 0 Å². The first-order chi connectivity index (χ1) is 16.7. The van der Waals surface area contributed by atoms with E-state index < -0.39 is 17.2 Å². The second-order valence-electron chi connectivity index (χ2n) is 8.04. The Morgan fingerprint density at radius 3 is 2.51 bits per heavy atom. The molecular formula is C24H25ClN6O4. The molecule has 11 heteroatoms. The molecule has 0 radical (unpaired) electrons. The van der Waals surface area contributed by atoms with Crippen molar-refractivity contribution in [1.82, 2.24) is 19.4 Å². The molecule has 0 aliphatic rings. The molecule has 3 aromatic rings. The fraction of sp³-hybridized carbons (Fsp3) is 0.333. The largest absolute Gasteiger partial charge is 0.350 e. The average molecular weight is 497 g/mol. The first-order valence-electron chi connectivity index (χ1n) is 11.1. The number of nitrogens with one attached hydrogen (secondary N) is 2. The number of hydrogen-bond acceptors (Lipinski definition) is 6. The molecule has 0 aliphatic carbocycles. The average Bonchev–Trinajstić information content (AvgIpc) is 2.83. The maximum Gasteiger partial charge on any atom is 0.331 e. The molecule has 10 nitrogen and oxygen atoms in total. The number of pyridine rings is 1. The normalized spacial score (nSPS) is 11.6. The molecule has 2 amide bonds. The summed E-state index contributed by atoms with van der Waals surface area (Å²) in [7, 11) is 0. The van der Waals surface area contributed by atoms with Crippen LogP contribution in [0.5, 0.6) is 0 Å². The van der Waals surface area contributed by atoms with Gasteiger partial charge in [-0.3, -0.25) is 23.5 Å². The van der Waals surface area contributed by atoms with Gasteiger partial charge in [0.15, 0.2) is 0 Å². The van der Waals surface area contributed by atoms with E-state index in [2.05, 4.69) is 15.6 Å². The first kappa shape index (κ1) is 25.6. The molecule has 2 aromatic heterocycles. The molecule has 3 rings (SSSR count). The first-order valence-corrected chi connectivity index (χ1v) is 11.5. The zero-order valence-electron chi connectivity index (χ0n) is 19.6. The van der Waals surface area contributed by atoms with E-state index in [9.17, 15) is 19.2 Å². The molecule has 0 fully saturated rings. The third kappa shape index (κ3) is 5.58. The number of aryl methyl sites for hydroxylation is 1. The monoisotopic (exact) mass is 496 g/mol. The Kier molecular flexibility index (Phi) is 8.04. The van der Waals surface area contributed by atoms with Crippen LogP contribution in [0.1, 0.15) is 43.2 Å². The van der Waals surface area contributed by atoms with Crippen molar-refractivity contribution in [2.24, 2.45) is 5.92 Å². The summed E-state index contributed by atoms with van der Waals surface area (Å²) in [6, 6.07) is 7.95. The van der Waals surface area contributed by atoms with Crippen molar-refractivity contribution in [1.29, 1.82) is 5.26 Å². The molecule has 0 spiro atoms. The van der Waals surface area contributed by atoms with E-state index in [1.54, 1.807) is 26.8 Å². The summed E-state index contributed by atoms with van der Waals surface area (Å²) < 4.78 is 2.56. The fourth-order valence-corrected chi connectivity index (χ4v) is 3.89. The van der Waals surface area contributed by atoms with Crippen LogP contribution in [-0.2, 0) is 17.9 Å². The minimum Gasteiger partial charge on any atom is -0.350 e. The van der Waals surface area contributed by atoms with Crippen LogP contribution in [0.4, 0.5) is 5.69 Å². The van der Waals surface area contributed by atoms with Crippen molar-refractivity contribution >= 4 is 40.0 Å². The Labute approximate surface area is 206 Å². The molecule has 0 aliphatic heterocycles. The fourth-order valence-electron chi connectivity index (χ4n) is 3.67. The van der Waals surface area contributed by atoms with Crippen molar-refractivity contribution in [2.45, 2.75) is 40.3 Å². The maximum atomic E-state index is 12.7. The van der Waals surface area contributed by atoms with Gasteiger partial charge in [0.05, 0.1) is 27.7 Å². The van der Waals surface area contributed by atoms with Gasteiger partial charge in [0.25, 0.3) is 11.5 Å². The molecule has 182 valence electrons. The van der Waals surface area contributed by atoms with Crippen molar-refractivity contribution < 1.29 is 9.59 Å². The van der Waals surface area contributed by atoms with Crippen LogP contribution in [0.2, 0.25) is 5.02 Å². The predicted octanol–water partition coefficient (Wildman–Crippen LogP) is 2.52. The van der Waals surface area contributed by atoms with Crippen LogP contribution < -0.4 is 21.9 Å². The van der Waals surface area contributed by atoms with Crippen molar-refractivity contribution in [2.75, 3.05) is 11.9 Å². The molecule has 0 bridgehead atoms. The molecule has 35 heavy (non-hydrogen) atoms. The van der Waals surface area contributed by atoms with E-state index >= 15 is 0 Å². The Bertz CT molecular complexity index is 1450. The van der Waals surface area contributed by atoms with E-state index in [4.69, 9.17) is 16.9 Å². The third-order valence-electron chi connectivity index (χ3n) is 5.49. The zero-order chi connectivity index (χ0) is 25.7. The number of halogens is 1. The Balaban J connectivity index is 1.66. The smallest absolute Gasteiger partial charge is 0.331 e. The minimum absolute atomic E-state index is 0.0439. The van der Waals surface area contributed by atoms with Gasteiger partial charge in [-0.1, -0.05) is 18.5 Å². The van der Waals surface area contributed by atoms with Gasteiger partial charge in [0.1, 0.15) is 11.8 Å². The van der Waals surface area contributed by atoms with Crippen LogP contribution in [-0.4, -0.2) is 32.5 Å². The topological polar surface area (TPSA) is 139 Å². The Hall–Kier alpha value is -3.97. The molecule has 1 unspecified atom stereocenters. The van der Waals surface area contributed by atoms with E-state index in [-0.39, 0.29) is 47.4 Å². The molecule has 1 aromatic carbocycles. The molecular weight excluding hydrogens is 472 g/mol. The lowest BCUT2D eigenvalue weighted by molar-refractivity contribution is -0.116. The number of fused-ring (bicyclic) bond motifs is 1. The predicted molar refractivity (Wildman–Crippen MR) is 133 cm³/mol. The van der Waals surface area contributed by atoms with E-state index in [0.717, 1.165) is 4.57 Å². The molecule has 2 N–H and O–H groups in total. The van der Waals surface area contributed by atoms with E-state index in [1.807, 2.05) is 6.07 Å².